The molecule has 5 nitrogen and oxygen atoms in total. The third-order valence-corrected chi connectivity index (χ3v) is 2.60. The molecule has 0 spiro atoms. The average Bonchev–Trinajstić information content (AvgIpc) is 2.75. The second-order valence-corrected chi connectivity index (χ2v) is 4.75. The SMILES string of the molecule is NS(=O)(=O)OCc1ccc(-c2ccc(F)cc2)o1. The maximum atomic E-state index is 12.7. The van der Waals surface area contributed by atoms with Crippen molar-refractivity contribution in [2.45, 2.75) is 6.61 Å². The van der Waals surface area contributed by atoms with E-state index >= 15 is 0 Å². The van der Waals surface area contributed by atoms with Crippen LogP contribution in [0.15, 0.2) is 40.8 Å². The number of furan rings is 1. The second kappa shape index (κ2) is 4.89. The van der Waals surface area contributed by atoms with E-state index in [2.05, 4.69) is 9.32 Å². The molecule has 0 radical (unpaired) electrons. The van der Waals surface area contributed by atoms with E-state index in [1.165, 1.54) is 12.1 Å². The van der Waals surface area contributed by atoms with Crippen molar-refractivity contribution in [2.75, 3.05) is 0 Å². The van der Waals surface area contributed by atoms with Crippen LogP contribution in [0.25, 0.3) is 11.3 Å². The number of hydrogen-bond acceptors (Lipinski definition) is 4. The van der Waals surface area contributed by atoms with Gasteiger partial charge in [0.05, 0.1) is 0 Å². The van der Waals surface area contributed by atoms with Gasteiger partial charge in [0.2, 0.25) is 0 Å². The summed E-state index contributed by atoms with van der Waals surface area (Å²) >= 11 is 0. The number of halogens is 1. The van der Waals surface area contributed by atoms with Crippen LogP contribution in [0.2, 0.25) is 0 Å². The molecule has 7 heteroatoms. The Morgan fingerprint density at radius 3 is 2.44 bits per heavy atom. The second-order valence-electron chi connectivity index (χ2n) is 3.53. The van der Waals surface area contributed by atoms with Crippen molar-refractivity contribution in [3.05, 3.63) is 48.0 Å². The monoisotopic (exact) mass is 271 g/mol. The van der Waals surface area contributed by atoms with Crippen molar-refractivity contribution in [3.8, 4) is 11.3 Å². The van der Waals surface area contributed by atoms with Crippen molar-refractivity contribution in [1.29, 1.82) is 0 Å². The molecule has 0 amide bonds. The standard InChI is InChI=1S/C11H10FNO4S/c12-9-3-1-8(2-4-9)11-6-5-10(17-11)7-16-18(13,14)15/h1-6H,7H2,(H2,13,14,15). The maximum absolute atomic E-state index is 12.7. The molecule has 2 aromatic rings. The van der Waals surface area contributed by atoms with Crippen molar-refractivity contribution in [3.63, 3.8) is 0 Å². The lowest BCUT2D eigenvalue weighted by Gasteiger charge is -1.98. The van der Waals surface area contributed by atoms with E-state index in [-0.39, 0.29) is 12.4 Å². The molecule has 0 saturated heterocycles. The highest BCUT2D eigenvalue weighted by atomic mass is 32.2. The molecule has 1 heterocycles. The van der Waals surface area contributed by atoms with Gasteiger partial charge in [-0.2, -0.15) is 8.42 Å². The molecule has 0 aliphatic carbocycles. The Hall–Kier alpha value is -1.70. The fourth-order valence-corrected chi connectivity index (χ4v) is 1.65. The van der Waals surface area contributed by atoms with Gasteiger partial charge in [-0.25, -0.2) is 9.53 Å². The summed E-state index contributed by atoms with van der Waals surface area (Å²) in [5.74, 6) is 0.453. The molecule has 0 unspecified atom stereocenters. The molecule has 1 aromatic heterocycles. The number of nitrogens with two attached hydrogens (primary N) is 1. The van der Waals surface area contributed by atoms with Crippen LogP contribution in [0.4, 0.5) is 4.39 Å². The lowest BCUT2D eigenvalue weighted by Crippen LogP contribution is -2.15. The summed E-state index contributed by atoms with van der Waals surface area (Å²) in [4.78, 5) is 0. The van der Waals surface area contributed by atoms with Gasteiger partial charge >= 0.3 is 10.3 Å². The smallest absolute Gasteiger partial charge is 0.333 e. The topological polar surface area (TPSA) is 82.5 Å². The number of rotatable bonds is 4. The van der Waals surface area contributed by atoms with E-state index < -0.39 is 10.3 Å². The van der Waals surface area contributed by atoms with Crippen LogP contribution >= 0.6 is 0 Å². The van der Waals surface area contributed by atoms with Gasteiger partial charge in [-0.05, 0) is 36.4 Å². The Morgan fingerprint density at radius 1 is 1.17 bits per heavy atom. The Morgan fingerprint density at radius 2 is 1.83 bits per heavy atom. The summed E-state index contributed by atoms with van der Waals surface area (Å²) in [6.07, 6.45) is 0. The third-order valence-electron chi connectivity index (χ3n) is 2.16. The molecule has 0 fully saturated rings. The first-order valence-corrected chi connectivity index (χ1v) is 6.43. The summed E-state index contributed by atoms with van der Waals surface area (Å²) in [5, 5.41) is 4.68. The van der Waals surface area contributed by atoms with E-state index in [4.69, 9.17) is 4.42 Å². The quantitative estimate of drug-likeness (QED) is 0.919. The van der Waals surface area contributed by atoms with Crippen LogP contribution in [-0.4, -0.2) is 8.42 Å². The van der Waals surface area contributed by atoms with Crippen molar-refractivity contribution in [1.82, 2.24) is 0 Å². The fourth-order valence-electron chi connectivity index (χ4n) is 1.37. The summed E-state index contributed by atoms with van der Waals surface area (Å²) < 4.78 is 43.6. The van der Waals surface area contributed by atoms with Gasteiger partial charge in [0.25, 0.3) is 0 Å². The van der Waals surface area contributed by atoms with E-state index in [1.54, 1.807) is 24.3 Å². The maximum Gasteiger partial charge on any atom is 0.333 e. The molecule has 0 aliphatic heterocycles. The Bertz CT molecular complexity index is 633. The summed E-state index contributed by atoms with van der Waals surface area (Å²) in [7, 11) is -3.99. The molecule has 2 N–H and O–H groups in total. The molecule has 0 saturated carbocycles. The first-order chi connectivity index (χ1) is 8.44. The number of benzene rings is 1. The lowest BCUT2D eigenvalue weighted by molar-refractivity contribution is 0.276. The molecular formula is C11H10FNO4S. The predicted octanol–water partition coefficient (Wildman–Crippen LogP) is 1.81. The Kier molecular flexibility index (Phi) is 3.46. The van der Waals surface area contributed by atoms with Crippen molar-refractivity contribution >= 4 is 10.3 Å². The molecule has 0 atom stereocenters. The third kappa shape index (κ3) is 3.39. The van der Waals surface area contributed by atoms with Crippen LogP contribution in [0, 0.1) is 5.82 Å². The van der Waals surface area contributed by atoms with Crippen LogP contribution in [0.5, 0.6) is 0 Å². The highest BCUT2D eigenvalue weighted by molar-refractivity contribution is 7.84. The molecule has 18 heavy (non-hydrogen) atoms. The molecule has 96 valence electrons. The summed E-state index contributed by atoms with van der Waals surface area (Å²) in [6.45, 7) is -0.278. The van der Waals surface area contributed by atoms with Crippen LogP contribution in [0.1, 0.15) is 5.76 Å². The molecule has 1 aromatic carbocycles. The van der Waals surface area contributed by atoms with E-state index in [0.717, 1.165) is 0 Å². The number of hydrogen-bond donors (Lipinski definition) is 1. The first-order valence-electron chi connectivity index (χ1n) is 4.96. The summed E-state index contributed by atoms with van der Waals surface area (Å²) in [6, 6.07) is 8.91. The van der Waals surface area contributed by atoms with Gasteiger partial charge in [0, 0.05) is 5.56 Å². The van der Waals surface area contributed by atoms with Crippen molar-refractivity contribution in [2.24, 2.45) is 5.14 Å². The van der Waals surface area contributed by atoms with Gasteiger partial charge < -0.3 is 4.42 Å². The van der Waals surface area contributed by atoms with Gasteiger partial charge in [-0.1, -0.05) is 0 Å². The van der Waals surface area contributed by atoms with E-state index in [1.807, 2.05) is 0 Å². The molecule has 2 rings (SSSR count). The zero-order valence-corrected chi connectivity index (χ0v) is 9.98. The van der Waals surface area contributed by atoms with E-state index in [0.29, 0.717) is 17.1 Å². The normalized spacial score (nSPS) is 11.7. The zero-order chi connectivity index (χ0) is 13.2. The lowest BCUT2D eigenvalue weighted by atomic mass is 10.2. The minimum Gasteiger partial charge on any atom is -0.459 e. The van der Waals surface area contributed by atoms with Gasteiger partial charge in [0.1, 0.15) is 23.9 Å². The first kappa shape index (κ1) is 12.7. The Labute approximate surface area is 103 Å². The largest absolute Gasteiger partial charge is 0.459 e. The highest BCUT2D eigenvalue weighted by Gasteiger charge is 2.08. The van der Waals surface area contributed by atoms with Gasteiger partial charge in [-0.15, -0.1) is 0 Å². The Balaban J connectivity index is 2.13. The molecular weight excluding hydrogens is 261 g/mol. The van der Waals surface area contributed by atoms with Crippen LogP contribution in [0.3, 0.4) is 0 Å². The van der Waals surface area contributed by atoms with Crippen molar-refractivity contribution < 1.29 is 21.4 Å². The fraction of sp³-hybridized carbons (Fsp3) is 0.0909. The average molecular weight is 271 g/mol. The van der Waals surface area contributed by atoms with Gasteiger partial charge in [-0.3, -0.25) is 4.18 Å². The van der Waals surface area contributed by atoms with Gasteiger partial charge in [0.15, 0.2) is 0 Å². The van der Waals surface area contributed by atoms with Crippen LogP contribution < -0.4 is 5.14 Å². The highest BCUT2D eigenvalue weighted by Crippen LogP contribution is 2.22. The van der Waals surface area contributed by atoms with E-state index in [9.17, 15) is 12.8 Å². The predicted molar refractivity (Wildman–Crippen MR) is 62.0 cm³/mol. The zero-order valence-electron chi connectivity index (χ0n) is 9.17. The van der Waals surface area contributed by atoms with Crippen LogP contribution in [-0.2, 0) is 21.1 Å². The summed E-state index contributed by atoms with van der Waals surface area (Å²) in [5.41, 5.74) is 0.679. The molecule has 0 bridgehead atoms. The molecule has 0 aliphatic rings. The minimum absolute atomic E-state index is 0.278. The minimum atomic E-state index is -3.99.